The Hall–Kier alpha value is -1.24. The molecular formula is C16H21N3OS2. The van der Waals surface area contributed by atoms with Crippen molar-refractivity contribution in [2.75, 3.05) is 26.2 Å². The van der Waals surface area contributed by atoms with Crippen LogP contribution in [0, 0.1) is 20.8 Å². The van der Waals surface area contributed by atoms with E-state index in [0.29, 0.717) is 0 Å². The number of carbonyl (C=O) groups excluding carboxylic acids is 1. The first kappa shape index (κ1) is 15.6. The minimum absolute atomic E-state index is 0.186. The fourth-order valence-electron chi connectivity index (χ4n) is 2.71. The lowest BCUT2D eigenvalue weighted by Gasteiger charge is -2.34. The van der Waals surface area contributed by atoms with E-state index in [1.807, 2.05) is 24.1 Å². The van der Waals surface area contributed by atoms with Gasteiger partial charge in [-0.1, -0.05) is 0 Å². The predicted molar refractivity (Wildman–Crippen MR) is 91.8 cm³/mol. The lowest BCUT2D eigenvalue weighted by molar-refractivity contribution is 0.0627. The molecule has 4 nitrogen and oxygen atoms in total. The van der Waals surface area contributed by atoms with Gasteiger partial charge in [0.15, 0.2) is 0 Å². The lowest BCUT2D eigenvalue weighted by atomic mass is 10.1. The molecule has 0 spiro atoms. The van der Waals surface area contributed by atoms with Gasteiger partial charge in [0.25, 0.3) is 5.91 Å². The Labute approximate surface area is 139 Å². The third kappa shape index (κ3) is 3.24. The van der Waals surface area contributed by atoms with Crippen LogP contribution < -0.4 is 0 Å². The molecule has 6 heteroatoms. The van der Waals surface area contributed by atoms with Crippen LogP contribution in [0.3, 0.4) is 0 Å². The summed E-state index contributed by atoms with van der Waals surface area (Å²) >= 11 is 3.36. The fourth-order valence-corrected chi connectivity index (χ4v) is 4.18. The van der Waals surface area contributed by atoms with Gasteiger partial charge >= 0.3 is 0 Å². The molecule has 1 amide bonds. The molecule has 0 aromatic carbocycles. The van der Waals surface area contributed by atoms with Gasteiger partial charge in [-0.05, 0) is 26.3 Å². The molecular weight excluding hydrogens is 314 g/mol. The van der Waals surface area contributed by atoms with Crippen LogP contribution in [-0.2, 0) is 6.54 Å². The maximum atomic E-state index is 12.6. The summed E-state index contributed by atoms with van der Waals surface area (Å²) in [7, 11) is 0. The van der Waals surface area contributed by atoms with Crippen molar-refractivity contribution in [1.29, 1.82) is 0 Å². The first-order valence-electron chi connectivity index (χ1n) is 7.52. The summed E-state index contributed by atoms with van der Waals surface area (Å²) in [5, 5.41) is 5.24. The molecule has 22 heavy (non-hydrogen) atoms. The Morgan fingerprint density at radius 2 is 1.86 bits per heavy atom. The van der Waals surface area contributed by atoms with Crippen LogP contribution in [0.25, 0.3) is 0 Å². The molecule has 2 aromatic rings. The third-order valence-corrected chi connectivity index (χ3v) is 6.06. The normalized spacial score (nSPS) is 16.2. The van der Waals surface area contributed by atoms with Crippen LogP contribution in [0.1, 0.15) is 31.5 Å². The van der Waals surface area contributed by atoms with E-state index in [9.17, 15) is 4.79 Å². The molecule has 0 unspecified atom stereocenters. The van der Waals surface area contributed by atoms with Gasteiger partial charge in [-0.2, -0.15) is 0 Å². The van der Waals surface area contributed by atoms with Crippen LogP contribution in [0.2, 0.25) is 0 Å². The number of rotatable bonds is 3. The summed E-state index contributed by atoms with van der Waals surface area (Å²) in [6.45, 7) is 10.5. The van der Waals surface area contributed by atoms with Gasteiger partial charge in [0.2, 0.25) is 0 Å². The van der Waals surface area contributed by atoms with Gasteiger partial charge in [0.1, 0.15) is 0 Å². The van der Waals surface area contributed by atoms with Gasteiger partial charge < -0.3 is 4.90 Å². The number of thiazole rings is 1. The van der Waals surface area contributed by atoms with Crippen molar-refractivity contribution >= 4 is 28.6 Å². The van der Waals surface area contributed by atoms with Crippen LogP contribution in [0.15, 0.2) is 10.8 Å². The molecule has 0 atom stereocenters. The van der Waals surface area contributed by atoms with Crippen LogP contribution >= 0.6 is 22.7 Å². The molecule has 3 heterocycles. The highest BCUT2D eigenvalue weighted by Gasteiger charge is 2.24. The number of amides is 1. The quantitative estimate of drug-likeness (QED) is 0.865. The van der Waals surface area contributed by atoms with Crippen molar-refractivity contribution in [2.45, 2.75) is 27.3 Å². The van der Waals surface area contributed by atoms with E-state index in [2.05, 4.69) is 22.2 Å². The van der Waals surface area contributed by atoms with E-state index in [0.717, 1.165) is 54.6 Å². The maximum absolute atomic E-state index is 12.6. The molecule has 1 saturated heterocycles. The second kappa shape index (κ2) is 6.48. The van der Waals surface area contributed by atoms with E-state index in [4.69, 9.17) is 0 Å². The smallest absolute Gasteiger partial charge is 0.255 e. The molecule has 0 radical (unpaired) electrons. The molecule has 0 aliphatic carbocycles. The van der Waals surface area contributed by atoms with Crippen molar-refractivity contribution in [3.05, 3.63) is 37.5 Å². The van der Waals surface area contributed by atoms with E-state index in [1.165, 1.54) is 4.88 Å². The summed E-state index contributed by atoms with van der Waals surface area (Å²) in [6, 6.07) is 0. The van der Waals surface area contributed by atoms with E-state index in [-0.39, 0.29) is 5.91 Å². The van der Waals surface area contributed by atoms with Crippen molar-refractivity contribution < 1.29 is 4.79 Å². The number of hydrogen-bond donors (Lipinski definition) is 0. The maximum Gasteiger partial charge on any atom is 0.255 e. The number of nitrogens with zero attached hydrogens (tertiary/aromatic N) is 3. The minimum atomic E-state index is 0.186. The average molecular weight is 335 g/mol. The first-order chi connectivity index (χ1) is 10.5. The molecule has 0 bridgehead atoms. The van der Waals surface area contributed by atoms with Gasteiger partial charge in [-0.15, -0.1) is 22.7 Å². The Morgan fingerprint density at radius 3 is 2.41 bits per heavy atom. The fraction of sp³-hybridized carbons (Fsp3) is 0.500. The highest BCUT2D eigenvalue weighted by atomic mass is 32.1. The van der Waals surface area contributed by atoms with Crippen LogP contribution in [0.5, 0.6) is 0 Å². The number of hydrogen-bond acceptors (Lipinski definition) is 5. The zero-order valence-corrected chi connectivity index (χ0v) is 14.9. The number of piperazine rings is 1. The predicted octanol–water partition coefficient (Wildman–Crippen LogP) is 3.09. The van der Waals surface area contributed by atoms with Crippen molar-refractivity contribution in [3.63, 3.8) is 0 Å². The largest absolute Gasteiger partial charge is 0.336 e. The second-order valence-corrected chi connectivity index (χ2v) is 7.90. The van der Waals surface area contributed by atoms with E-state index in [1.54, 1.807) is 22.7 Å². The van der Waals surface area contributed by atoms with Crippen LogP contribution in [0.4, 0.5) is 0 Å². The minimum Gasteiger partial charge on any atom is -0.336 e. The molecule has 0 N–H and O–H groups in total. The SMILES string of the molecule is Cc1nc(CN2CCN(C(=O)c3csc(C)c3C)CC2)cs1. The number of carbonyl (C=O) groups is 1. The van der Waals surface area contributed by atoms with E-state index >= 15 is 0 Å². The Bertz CT molecular complexity index is 669. The van der Waals surface area contributed by atoms with Crippen molar-refractivity contribution in [2.24, 2.45) is 0 Å². The van der Waals surface area contributed by atoms with Crippen molar-refractivity contribution in [3.8, 4) is 0 Å². The monoisotopic (exact) mass is 335 g/mol. The zero-order valence-electron chi connectivity index (χ0n) is 13.3. The highest BCUT2D eigenvalue weighted by Crippen LogP contribution is 2.22. The summed E-state index contributed by atoms with van der Waals surface area (Å²) in [4.78, 5) is 22.7. The molecule has 1 aliphatic heterocycles. The molecule has 3 rings (SSSR count). The first-order valence-corrected chi connectivity index (χ1v) is 9.28. The van der Waals surface area contributed by atoms with Gasteiger partial charge in [0, 0.05) is 48.4 Å². The Morgan fingerprint density at radius 1 is 1.14 bits per heavy atom. The standard InChI is InChI=1S/C16H21N3OS2/c1-11-12(2)21-10-15(11)16(20)19-6-4-18(5-7-19)8-14-9-22-13(3)17-14/h9-10H,4-8H2,1-3H3. The second-order valence-electron chi connectivity index (χ2n) is 5.76. The Balaban J connectivity index is 1.57. The number of aryl methyl sites for hydroxylation is 2. The topological polar surface area (TPSA) is 36.4 Å². The van der Waals surface area contributed by atoms with Gasteiger partial charge in [-0.25, -0.2) is 4.98 Å². The summed E-state index contributed by atoms with van der Waals surface area (Å²) in [6.07, 6.45) is 0. The molecule has 118 valence electrons. The summed E-state index contributed by atoms with van der Waals surface area (Å²) in [5.74, 6) is 0.186. The molecule has 1 fully saturated rings. The highest BCUT2D eigenvalue weighted by molar-refractivity contribution is 7.10. The van der Waals surface area contributed by atoms with Gasteiger partial charge in [0.05, 0.1) is 16.3 Å². The van der Waals surface area contributed by atoms with E-state index < -0.39 is 0 Å². The summed E-state index contributed by atoms with van der Waals surface area (Å²) in [5.41, 5.74) is 3.16. The molecule has 0 saturated carbocycles. The number of aromatic nitrogens is 1. The Kier molecular flexibility index (Phi) is 4.61. The van der Waals surface area contributed by atoms with Crippen LogP contribution in [-0.4, -0.2) is 46.9 Å². The average Bonchev–Trinajstić information content (AvgIpc) is 3.06. The lowest BCUT2D eigenvalue weighted by Crippen LogP contribution is -2.48. The van der Waals surface area contributed by atoms with Crippen molar-refractivity contribution in [1.82, 2.24) is 14.8 Å². The number of thiophene rings is 1. The molecule has 1 aliphatic rings. The third-order valence-electron chi connectivity index (χ3n) is 4.23. The summed E-state index contributed by atoms with van der Waals surface area (Å²) < 4.78 is 0. The molecule has 2 aromatic heterocycles. The zero-order chi connectivity index (χ0) is 15.7. The van der Waals surface area contributed by atoms with Gasteiger partial charge in [-0.3, -0.25) is 9.69 Å².